The number of hydrogen-bond donors (Lipinski definition) is 2. The Morgan fingerprint density at radius 2 is 1.91 bits per heavy atom. The monoisotopic (exact) mass is 339 g/mol. The van der Waals surface area contributed by atoms with Crippen LogP contribution in [0.2, 0.25) is 10.0 Å². The summed E-state index contributed by atoms with van der Waals surface area (Å²) in [6, 6.07) is 8.28. The first-order valence-corrected chi connectivity index (χ1v) is 7.20. The van der Waals surface area contributed by atoms with Crippen LogP contribution in [0.5, 0.6) is 17.2 Å². The number of phenolic OH excluding ortho intramolecular Hbond substituents is 2. The van der Waals surface area contributed by atoms with Gasteiger partial charge in [-0.3, -0.25) is 4.79 Å². The molecule has 1 aliphatic heterocycles. The van der Waals surface area contributed by atoms with Crippen LogP contribution in [-0.2, 0) is 0 Å². The third-order valence-electron chi connectivity index (χ3n) is 3.37. The molecule has 1 heterocycles. The van der Waals surface area contributed by atoms with Crippen molar-refractivity contribution in [2.24, 2.45) is 0 Å². The van der Waals surface area contributed by atoms with Gasteiger partial charge in [-0.2, -0.15) is 0 Å². The fourth-order valence-electron chi connectivity index (χ4n) is 2.29. The van der Waals surface area contributed by atoms with Crippen LogP contribution in [0.25, 0.3) is 0 Å². The number of para-hydroxylation sites is 2. The minimum atomic E-state index is -0.502. The van der Waals surface area contributed by atoms with E-state index in [2.05, 4.69) is 0 Å². The van der Waals surface area contributed by atoms with Gasteiger partial charge in [0.25, 0.3) is 5.91 Å². The van der Waals surface area contributed by atoms with Crippen molar-refractivity contribution in [1.29, 1.82) is 0 Å². The van der Waals surface area contributed by atoms with Crippen LogP contribution in [0.4, 0.5) is 5.69 Å². The van der Waals surface area contributed by atoms with Gasteiger partial charge >= 0.3 is 0 Å². The Hall–Kier alpha value is -2.11. The van der Waals surface area contributed by atoms with Gasteiger partial charge in [-0.25, -0.2) is 0 Å². The van der Waals surface area contributed by atoms with E-state index in [0.717, 1.165) is 0 Å². The smallest absolute Gasteiger partial charge is 0.262 e. The normalized spacial score (nSPS) is 13.5. The summed E-state index contributed by atoms with van der Waals surface area (Å²) < 4.78 is 5.49. The highest BCUT2D eigenvalue weighted by atomic mass is 35.5. The van der Waals surface area contributed by atoms with E-state index in [-0.39, 0.29) is 15.6 Å². The molecule has 0 spiro atoms. The zero-order valence-electron chi connectivity index (χ0n) is 11.2. The van der Waals surface area contributed by atoms with Crippen molar-refractivity contribution in [3.63, 3.8) is 0 Å². The number of carbonyl (C=O) groups is 1. The molecule has 1 amide bonds. The largest absolute Gasteiger partial charge is 0.505 e. The van der Waals surface area contributed by atoms with Crippen molar-refractivity contribution in [3.05, 3.63) is 45.9 Å². The molecule has 0 saturated heterocycles. The molecule has 0 saturated carbocycles. The Morgan fingerprint density at radius 3 is 2.68 bits per heavy atom. The molecule has 0 bridgehead atoms. The maximum atomic E-state index is 12.7. The number of aromatic hydroxyl groups is 2. The van der Waals surface area contributed by atoms with E-state index in [9.17, 15) is 15.0 Å². The van der Waals surface area contributed by atoms with Crippen molar-refractivity contribution < 1.29 is 19.7 Å². The summed E-state index contributed by atoms with van der Waals surface area (Å²) >= 11 is 11.6. The van der Waals surface area contributed by atoms with Gasteiger partial charge in [0, 0.05) is 0 Å². The second-order valence-electron chi connectivity index (χ2n) is 4.69. The predicted molar refractivity (Wildman–Crippen MR) is 83.4 cm³/mol. The molecule has 0 atom stereocenters. The molecule has 3 rings (SSSR count). The molecule has 0 radical (unpaired) electrons. The van der Waals surface area contributed by atoms with Crippen molar-refractivity contribution >= 4 is 34.8 Å². The molecule has 0 aliphatic carbocycles. The molecule has 2 N–H and O–H groups in total. The maximum Gasteiger partial charge on any atom is 0.262 e. The first-order valence-electron chi connectivity index (χ1n) is 6.44. The maximum absolute atomic E-state index is 12.7. The number of carbonyl (C=O) groups excluding carboxylic acids is 1. The lowest BCUT2D eigenvalue weighted by Gasteiger charge is -2.29. The van der Waals surface area contributed by atoms with E-state index in [1.165, 1.54) is 11.0 Å². The fourth-order valence-corrected chi connectivity index (χ4v) is 2.74. The summed E-state index contributed by atoms with van der Waals surface area (Å²) in [4.78, 5) is 14.2. The van der Waals surface area contributed by atoms with Crippen LogP contribution in [0.15, 0.2) is 30.3 Å². The van der Waals surface area contributed by atoms with Crippen LogP contribution in [0.3, 0.4) is 0 Å². The van der Waals surface area contributed by atoms with Gasteiger partial charge < -0.3 is 19.8 Å². The van der Waals surface area contributed by atoms with E-state index in [0.29, 0.717) is 24.6 Å². The lowest BCUT2D eigenvalue weighted by atomic mass is 10.1. The van der Waals surface area contributed by atoms with E-state index < -0.39 is 17.4 Å². The van der Waals surface area contributed by atoms with E-state index in [4.69, 9.17) is 27.9 Å². The van der Waals surface area contributed by atoms with Crippen LogP contribution in [-0.4, -0.2) is 29.3 Å². The molecule has 2 aromatic carbocycles. The van der Waals surface area contributed by atoms with Crippen molar-refractivity contribution in [3.8, 4) is 17.2 Å². The first kappa shape index (κ1) is 14.8. The summed E-state index contributed by atoms with van der Waals surface area (Å²) in [5.41, 5.74) is 0.517. The zero-order valence-corrected chi connectivity index (χ0v) is 12.7. The molecule has 0 aromatic heterocycles. The highest BCUT2D eigenvalue weighted by Gasteiger charge is 2.28. The van der Waals surface area contributed by atoms with E-state index >= 15 is 0 Å². The highest BCUT2D eigenvalue weighted by Crippen LogP contribution is 2.42. The standard InChI is InChI=1S/C15H11Cl2NO4/c16-9-7-8(13(19)12(17)14(9)20)15(21)18-5-6-22-11-4-2-1-3-10(11)18/h1-4,7,19-20H,5-6H2. The Morgan fingerprint density at radius 1 is 1.18 bits per heavy atom. The number of benzene rings is 2. The average Bonchev–Trinajstić information content (AvgIpc) is 2.55. The molecule has 2 aromatic rings. The second kappa shape index (κ2) is 5.59. The molecule has 5 nitrogen and oxygen atoms in total. The third kappa shape index (κ3) is 2.32. The number of rotatable bonds is 1. The van der Waals surface area contributed by atoms with Gasteiger partial charge in [-0.05, 0) is 18.2 Å². The van der Waals surface area contributed by atoms with Gasteiger partial charge in [0.2, 0.25) is 0 Å². The Bertz CT molecular complexity index is 763. The number of fused-ring (bicyclic) bond motifs is 1. The highest BCUT2D eigenvalue weighted by molar-refractivity contribution is 6.39. The summed E-state index contributed by atoms with van der Waals surface area (Å²) in [5, 5.41) is 19.2. The third-order valence-corrected chi connectivity index (χ3v) is 4.02. The zero-order chi connectivity index (χ0) is 15.9. The van der Waals surface area contributed by atoms with Crippen LogP contribution >= 0.6 is 23.2 Å². The number of hydrogen-bond acceptors (Lipinski definition) is 4. The number of halogens is 2. The average molecular weight is 340 g/mol. The molecule has 7 heteroatoms. The van der Waals surface area contributed by atoms with Gasteiger partial charge in [0.1, 0.15) is 17.4 Å². The molecule has 22 heavy (non-hydrogen) atoms. The minimum Gasteiger partial charge on any atom is -0.505 e. The quantitative estimate of drug-likeness (QED) is 0.834. The Kier molecular flexibility index (Phi) is 3.76. The topological polar surface area (TPSA) is 70.0 Å². The lowest BCUT2D eigenvalue weighted by Crippen LogP contribution is -2.38. The Labute approximate surface area is 136 Å². The van der Waals surface area contributed by atoms with Crippen molar-refractivity contribution in [1.82, 2.24) is 0 Å². The van der Waals surface area contributed by atoms with Crippen LogP contribution in [0, 0.1) is 0 Å². The molecule has 0 fully saturated rings. The molecular formula is C15H11Cl2NO4. The SMILES string of the molecule is O=C(c1cc(Cl)c(O)c(Cl)c1O)N1CCOc2ccccc21. The summed E-state index contributed by atoms with van der Waals surface area (Å²) in [5.74, 6) is -0.855. The van der Waals surface area contributed by atoms with Crippen LogP contribution < -0.4 is 9.64 Å². The second-order valence-corrected chi connectivity index (χ2v) is 5.48. The minimum absolute atomic E-state index is 0.0792. The van der Waals surface area contributed by atoms with Gasteiger partial charge in [0.05, 0.1) is 22.8 Å². The summed E-state index contributed by atoms with van der Waals surface area (Å²) in [6.07, 6.45) is 0. The van der Waals surface area contributed by atoms with Crippen molar-refractivity contribution in [2.45, 2.75) is 0 Å². The van der Waals surface area contributed by atoms with Gasteiger partial charge in [-0.15, -0.1) is 0 Å². The molecule has 1 aliphatic rings. The number of amides is 1. The Balaban J connectivity index is 2.07. The molecule has 114 valence electrons. The summed E-state index contributed by atoms with van der Waals surface area (Å²) in [7, 11) is 0. The van der Waals surface area contributed by atoms with Crippen molar-refractivity contribution in [2.75, 3.05) is 18.1 Å². The molecule has 0 unspecified atom stereocenters. The van der Waals surface area contributed by atoms with Gasteiger partial charge in [0.15, 0.2) is 11.5 Å². The van der Waals surface area contributed by atoms with E-state index in [1.54, 1.807) is 24.3 Å². The summed E-state index contributed by atoms with van der Waals surface area (Å²) in [6.45, 7) is 0.661. The molecular weight excluding hydrogens is 329 g/mol. The fraction of sp³-hybridized carbons (Fsp3) is 0.133. The lowest BCUT2D eigenvalue weighted by molar-refractivity contribution is 0.0974. The predicted octanol–water partition coefficient (Wildman–Crippen LogP) is 3.44. The van der Waals surface area contributed by atoms with Gasteiger partial charge in [-0.1, -0.05) is 35.3 Å². The number of phenols is 2. The number of anilines is 1. The number of nitrogens with zero attached hydrogens (tertiary/aromatic N) is 1. The van der Waals surface area contributed by atoms with E-state index in [1.807, 2.05) is 0 Å². The van der Waals surface area contributed by atoms with Crippen LogP contribution in [0.1, 0.15) is 10.4 Å². The number of ether oxygens (including phenoxy) is 1. The first-order chi connectivity index (χ1) is 10.5.